The van der Waals surface area contributed by atoms with Crippen molar-refractivity contribution >= 4 is 35.6 Å². The molecular formula is C13H22FIN4. The van der Waals surface area contributed by atoms with Crippen molar-refractivity contribution in [2.45, 2.75) is 19.8 Å². The summed E-state index contributed by atoms with van der Waals surface area (Å²) < 4.78 is 12.9. The summed E-state index contributed by atoms with van der Waals surface area (Å²) in [4.78, 5) is 4.12. The molecule has 108 valence electrons. The van der Waals surface area contributed by atoms with E-state index in [1.807, 2.05) is 6.07 Å². The van der Waals surface area contributed by atoms with Gasteiger partial charge in [0, 0.05) is 25.3 Å². The number of hydrogen-bond donors (Lipinski definition) is 3. The standard InChI is InChI=1S/C13H21FN4.HI/c1-2-7-17-13(15)18-9-4-8-16-12-6-3-5-11(14)10-12;/h3,5-6,10,16H,2,4,7-9H2,1H3,(H3,15,17,18);1H. The van der Waals surface area contributed by atoms with Gasteiger partial charge in [0.25, 0.3) is 0 Å². The minimum Gasteiger partial charge on any atom is -0.385 e. The van der Waals surface area contributed by atoms with Crippen LogP contribution in [0.1, 0.15) is 19.8 Å². The Morgan fingerprint density at radius 2 is 2.16 bits per heavy atom. The molecule has 0 saturated heterocycles. The predicted molar refractivity (Wildman–Crippen MR) is 89.7 cm³/mol. The van der Waals surface area contributed by atoms with Crippen molar-refractivity contribution in [2.24, 2.45) is 10.7 Å². The molecule has 1 rings (SSSR count). The second-order valence-corrected chi connectivity index (χ2v) is 3.98. The number of nitrogens with one attached hydrogen (secondary N) is 2. The van der Waals surface area contributed by atoms with Crippen molar-refractivity contribution in [3.8, 4) is 0 Å². The van der Waals surface area contributed by atoms with Crippen LogP contribution in [0, 0.1) is 5.82 Å². The van der Waals surface area contributed by atoms with Gasteiger partial charge in [0.05, 0.1) is 0 Å². The molecule has 0 aliphatic rings. The van der Waals surface area contributed by atoms with Gasteiger partial charge in [-0.05, 0) is 31.0 Å². The Bertz CT molecular complexity index is 385. The van der Waals surface area contributed by atoms with Gasteiger partial charge in [-0.15, -0.1) is 24.0 Å². The molecule has 0 bridgehead atoms. The first-order chi connectivity index (χ1) is 8.72. The minimum absolute atomic E-state index is 0. The number of benzene rings is 1. The Morgan fingerprint density at radius 3 is 2.84 bits per heavy atom. The third-order valence-corrected chi connectivity index (χ3v) is 2.32. The largest absolute Gasteiger partial charge is 0.385 e. The molecule has 0 heterocycles. The summed E-state index contributed by atoms with van der Waals surface area (Å²) in [6, 6.07) is 6.43. The number of nitrogens with two attached hydrogens (primary N) is 1. The van der Waals surface area contributed by atoms with Crippen LogP contribution < -0.4 is 16.4 Å². The fourth-order valence-electron chi connectivity index (χ4n) is 1.42. The average Bonchev–Trinajstić information content (AvgIpc) is 2.36. The lowest BCUT2D eigenvalue weighted by Crippen LogP contribution is -2.33. The molecule has 1 aromatic rings. The maximum absolute atomic E-state index is 12.9. The summed E-state index contributed by atoms with van der Waals surface area (Å²) in [6.45, 7) is 4.32. The third kappa shape index (κ3) is 8.63. The highest BCUT2D eigenvalue weighted by atomic mass is 127. The smallest absolute Gasteiger partial charge is 0.188 e. The van der Waals surface area contributed by atoms with Crippen molar-refractivity contribution in [1.82, 2.24) is 5.32 Å². The van der Waals surface area contributed by atoms with E-state index in [1.54, 1.807) is 6.07 Å². The number of guanidine groups is 1. The van der Waals surface area contributed by atoms with Crippen LogP contribution in [0.25, 0.3) is 0 Å². The van der Waals surface area contributed by atoms with Gasteiger partial charge >= 0.3 is 0 Å². The Kier molecular flexibility index (Phi) is 10.2. The predicted octanol–water partition coefficient (Wildman–Crippen LogP) is 2.56. The van der Waals surface area contributed by atoms with E-state index in [1.165, 1.54) is 12.1 Å². The van der Waals surface area contributed by atoms with Crippen molar-refractivity contribution in [3.63, 3.8) is 0 Å². The molecule has 0 fully saturated rings. The Balaban J connectivity index is 0.00000324. The monoisotopic (exact) mass is 380 g/mol. The zero-order chi connectivity index (χ0) is 13.2. The number of aliphatic imine (C=N–C) groups is 1. The maximum atomic E-state index is 12.9. The van der Waals surface area contributed by atoms with Crippen LogP contribution in [0.15, 0.2) is 29.3 Å². The summed E-state index contributed by atoms with van der Waals surface area (Å²) >= 11 is 0. The van der Waals surface area contributed by atoms with Gasteiger partial charge in [0.2, 0.25) is 0 Å². The summed E-state index contributed by atoms with van der Waals surface area (Å²) in [5, 5.41) is 6.17. The lowest BCUT2D eigenvalue weighted by molar-refractivity contribution is 0.628. The van der Waals surface area contributed by atoms with Gasteiger partial charge in [0.1, 0.15) is 5.82 Å². The van der Waals surface area contributed by atoms with E-state index in [4.69, 9.17) is 5.73 Å². The third-order valence-electron chi connectivity index (χ3n) is 2.32. The first-order valence-electron chi connectivity index (χ1n) is 6.25. The van der Waals surface area contributed by atoms with Gasteiger partial charge < -0.3 is 16.4 Å². The topological polar surface area (TPSA) is 62.4 Å². The number of nitrogens with zero attached hydrogens (tertiary/aromatic N) is 1. The van der Waals surface area contributed by atoms with E-state index in [9.17, 15) is 4.39 Å². The van der Waals surface area contributed by atoms with Crippen LogP contribution in [0.3, 0.4) is 0 Å². The second kappa shape index (κ2) is 10.8. The van der Waals surface area contributed by atoms with Crippen molar-refractivity contribution in [1.29, 1.82) is 0 Å². The van der Waals surface area contributed by atoms with Crippen LogP contribution >= 0.6 is 24.0 Å². The van der Waals surface area contributed by atoms with Crippen LogP contribution in [-0.2, 0) is 0 Å². The Hall–Kier alpha value is -1.05. The summed E-state index contributed by atoms with van der Waals surface area (Å²) in [6.07, 6.45) is 1.88. The van der Waals surface area contributed by atoms with Gasteiger partial charge in [-0.25, -0.2) is 4.39 Å². The molecule has 4 nitrogen and oxygen atoms in total. The molecule has 0 amide bonds. The number of anilines is 1. The lowest BCUT2D eigenvalue weighted by atomic mass is 10.3. The SMILES string of the molecule is CCCN=C(N)NCCCNc1cccc(F)c1.I. The van der Waals surface area contributed by atoms with Crippen molar-refractivity contribution in [3.05, 3.63) is 30.1 Å². The molecule has 0 aromatic heterocycles. The van der Waals surface area contributed by atoms with E-state index in [0.29, 0.717) is 5.96 Å². The van der Waals surface area contributed by atoms with Crippen LogP contribution in [-0.4, -0.2) is 25.6 Å². The molecular weight excluding hydrogens is 358 g/mol. The van der Waals surface area contributed by atoms with E-state index in [2.05, 4.69) is 22.5 Å². The minimum atomic E-state index is -0.228. The molecule has 1 aromatic carbocycles. The molecule has 0 aliphatic heterocycles. The molecule has 0 atom stereocenters. The van der Waals surface area contributed by atoms with Crippen LogP contribution in [0.5, 0.6) is 0 Å². The molecule has 0 aliphatic carbocycles. The van der Waals surface area contributed by atoms with Gasteiger partial charge in [-0.3, -0.25) is 4.99 Å². The highest BCUT2D eigenvalue weighted by molar-refractivity contribution is 14.0. The first kappa shape index (κ1) is 17.9. The van der Waals surface area contributed by atoms with E-state index < -0.39 is 0 Å². The molecule has 0 spiro atoms. The Morgan fingerprint density at radius 1 is 1.37 bits per heavy atom. The summed E-state index contributed by atoms with van der Waals surface area (Å²) in [5.41, 5.74) is 6.44. The second-order valence-electron chi connectivity index (χ2n) is 3.98. The average molecular weight is 380 g/mol. The van der Waals surface area contributed by atoms with Crippen molar-refractivity contribution in [2.75, 3.05) is 25.0 Å². The van der Waals surface area contributed by atoms with Gasteiger partial charge in [0.15, 0.2) is 5.96 Å². The van der Waals surface area contributed by atoms with E-state index in [0.717, 1.165) is 38.2 Å². The number of rotatable bonds is 7. The fourth-order valence-corrected chi connectivity index (χ4v) is 1.42. The van der Waals surface area contributed by atoms with Crippen LogP contribution in [0.2, 0.25) is 0 Å². The normalized spacial score (nSPS) is 10.7. The van der Waals surface area contributed by atoms with Gasteiger partial charge in [-0.1, -0.05) is 13.0 Å². The summed E-state index contributed by atoms with van der Waals surface area (Å²) in [5.74, 6) is 0.261. The Labute approximate surface area is 131 Å². The highest BCUT2D eigenvalue weighted by Gasteiger charge is 1.94. The zero-order valence-electron chi connectivity index (χ0n) is 11.2. The summed E-state index contributed by atoms with van der Waals surface area (Å²) in [7, 11) is 0. The van der Waals surface area contributed by atoms with E-state index in [-0.39, 0.29) is 29.8 Å². The molecule has 19 heavy (non-hydrogen) atoms. The molecule has 6 heteroatoms. The molecule has 0 saturated carbocycles. The van der Waals surface area contributed by atoms with Crippen molar-refractivity contribution < 1.29 is 4.39 Å². The van der Waals surface area contributed by atoms with E-state index >= 15 is 0 Å². The molecule has 4 N–H and O–H groups in total. The fraction of sp³-hybridized carbons (Fsp3) is 0.462. The molecule has 0 unspecified atom stereocenters. The molecule has 0 radical (unpaired) electrons. The highest BCUT2D eigenvalue weighted by Crippen LogP contribution is 2.08. The lowest BCUT2D eigenvalue weighted by Gasteiger charge is -2.08. The zero-order valence-corrected chi connectivity index (χ0v) is 13.5. The quantitative estimate of drug-likeness (QED) is 0.295. The first-order valence-corrected chi connectivity index (χ1v) is 6.25. The number of halogens is 2. The van der Waals surface area contributed by atoms with Crippen LogP contribution in [0.4, 0.5) is 10.1 Å². The van der Waals surface area contributed by atoms with Gasteiger partial charge in [-0.2, -0.15) is 0 Å². The number of hydrogen-bond acceptors (Lipinski definition) is 2. The maximum Gasteiger partial charge on any atom is 0.188 e.